The van der Waals surface area contributed by atoms with Gasteiger partial charge < -0.3 is 15.1 Å². The molecule has 0 atom stereocenters. The number of fused-ring (bicyclic) bond motifs is 1. The number of hydrogen-bond donors (Lipinski definition) is 1. The van der Waals surface area contributed by atoms with Crippen molar-refractivity contribution in [3.8, 4) is 0 Å². The van der Waals surface area contributed by atoms with E-state index in [1.54, 1.807) is 22.8 Å². The van der Waals surface area contributed by atoms with E-state index in [0.29, 0.717) is 13.1 Å². The highest BCUT2D eigenvalue weighted by Crippen LogP contribution is 2.17. The SMILES string of the molecule is CN=C(NCCc1ccc2ccccc2c1)N1CCN(c2cnn(C)c2)C(=O)C1.I. The number of aliphatic imine (C=N–C) groups is 1. The number of hydrogen-bond acceptors (Lipinski definition) is 3. The highest BCUT2D eigenvalue weighted by molar-refractivity contribution is 14.0. The number of nitrogens with one attached hydrogen (secondary N) is 1. The number of nitrogens with zero attached hydrogens (tertiary/aromatic N) is 5. The van der Waals surface area contributed by atoms with Crippen LogP contribution in [-0.2, 0) is 18.3 Å². The first-order valence-corrected chi connectivity index (χ1v) is 9.86. The predicted octanol–water partition coefficient (Wildman–Crippen LogP) is 2.66. The molecule has 0 radical (unpaired) electrons. The normalized spacial score (nSPS) is 14.7. The molecule has 1 aliphatic heterocycles. The van der Waals surface area contributed by atoms with Crippen LogP contribution >= 0.6 is 24.0 Å². The van der Waals surface area contributed by atoms with Crippen molar-refractivity contribution in [2.75, 3.05) is 38.1 Å². The summed E-state index contributed by atoms with van der Waals surface area (Å²) in [5.41, 5.74) is 2.13. The minimum atomic E-state index is 0. The molecule has 0 saturated carbocycles. The number of benzene rings is 2. The number of aryl methyl sites for hydroxylation is 1. The molecule has 0 unspecified atom stereocenters. The van der Waals surface area contributed by atoms with E-state index in [9.17, 15) is 4.79 Å². The highest BCUT2D eigenvalue weighted by atomic mass is 127. The van der Waals surface area contributed by atoms with Crippen LogP contribution in [0.25, 0.3) is 10.8 Å². The van der Waals surface area contributed by atoms with Crippen LogP contribution in [-0.4, -0.2) is 59.8 Å². The van der Waals surface area contributed by atoms with Crippen molar-refractivity contribution in [1.29, 1.82) is 0 Å². The number of aromatic nitrogens is 2. The Balaban J connectivity index is 0.00000256. The predicted molar refractivity (Wildman–Crippen MR) is 132 cm³/mol. The van der Waals surface area contributed by atoms with Gasteiger partial charge in [0, 0.05) is 39.9 Å². The quantitative estimate of drug-likeness (QED) is 0.328. The lowest BCUT2D eigenvalue weighted by atomic mass is 10.1. The summed E-state index contributed by atoms with van der Waals surface area (Å²) < 4.78 is 1.71. The van der Waals surface area contributed by atoms with Gasteiger partial charge in [0.05, 0.1) is 11.9 Å². The van der Waals surface area contributed by atoms with Crippen LogP contribution in [0.4, 0.5) is 5.69 Å². The molecule has 1 fully saturated rings. The van der Waals surface area contributed by atoms with Gasteiger partial charge in [-0.05, 0) is 22.8 Å². The fourth-order valence-corrected chi connectivity index (χ4v) is 3.72. The van der Waals surface area contributed by atoms with Crippen LogP contribution in [0.15, 0.2) is 59.9 Å². The number of carbonyl (C=O) groups is 1. The smallest absolute Gasteiger partial charge is 0.246 e. The van der Waals surface area contributed by atoms with Crippen LogP contribution in [0.5, 0.6) is 0 Å². The number of carbonyl (C=O) groups excluding carboxylic acids is 1. The van der Waals surface area contributed by atoms with Gasteiger partial charge in [-0.15, -0.1) is 24.0 Å². The van der Waals surface area contributed by atoms with E-state index in [0.717, 1.165) is 31.2 Å². The first kappa shape index (κ1) is 22.1. The average Bonchev–Trinajstić information content (AvgIpc) is 3.17. The van der Waals surface area contributed by atoms with Gasteiger partial charge in [-0.1, -0.05) is 42.5 Å². The van der Waals surface area contributed by atoms with Gasteiger partial charge in [0.15, 0.2) is 5.96 Å². The first-order valence-electron chi connectivity index (χ1n) is 9.86. The summed E-state index contributed by atoms with van der Waals surface area (Å²) in [4.78, 5) is 20.8. The average molecular weight is 518 g/mol. The molecule has 0 aliphatic carbocycles. The van der Waals surface area contributed by atoms with Crippen LogP contribution in [0.3, 0.4) is 0 Å². The number of rotatable bonds is 4. The second-order valence-electron chi connectivity index (χ2n) is 7.24. The minimum absolute atomic E-state index is 0. The highest BCUT2D eigenvalue weighted by Gasteiger charge is 2.27. The van der Waals surface area contributed by atoms with E-state index in [-0.39, 0.29) is 29.9 Å². The molecular formula is C22H27IN6O. The van der Waals surface area contributed by atoms with Crippen LogP contribution in [0.1, 0.15) is 5.56 Å². The van der Waals surface area contributed by atoms with Crippen molar-refractivity contribution < 1.29 is 4.79 Å². The third kappa shape index (κ3) is 4.92. The van der Waals surface area contributed by atoms with Crippen molar-refractivity contribution in [3.63, 3.8) is 0 Å². The van der Waals surface area contributed by atoms with Gasteiger partial charge in [-0.3, -0.25) is 14.5 Å². The van der Waals surface area contributed by atoms with Crippen LogP contribution < -0.4 is 10.2 Å². The van der Waals surface area contributed by atoms with Gasteiger partial charge in [0.1, 0.15) is 6.54 Å². The zero-order chi connectivity index (χ0) is 20.2. The van der Waals surface area contributed by atoms with Gasteiger partial charge in [-0.2, -0.15) is 5.10 Å². The summed E-state index contributed by atoms with van der Waals surface area (Å²) in [7, 11) is 3.61. The Bertz CT molecular complexity index is 1050. The lowest BCUT2D eigenvalue weighted by molar-refractivity contribution is -0.120. The molecule has 1 amide bonds. The van der Waals surface area contributed by atoms with Crippen molar-refractivity contribution >= 4 is 52.3 Å². The molecule has 158 valence electrons. The monoisotopic (exact) mass is 518 g/mol. The molecule has 0 bridgehead atoms. The van der Waals surface area contributed by atoms with E-state index in [1.807, 2.05) is 18.1 Å². The third-order valence-electron chi connectivity index (χ3n) is 5.25. The second-order valence-corrected chi connectivity index (χ2v) is 7.24. The Labute approximate surface area is 193 Å². The molecule has 4 rings (SSSR count). The van der Waals surface area contributed by atoms with Crippen LogP contribution in [0.2, 0.25) is 0 Å². The summed E-state index contributed by atoms with van der Waals surface area (Å²) in [6, 6.07) is 15.0. The van der Waals surface area contributed by atoms with Crippen molar-refractivity contribution in [1.82, 2.24) is 20.0 Å². The Morgan fingerprint density at radius 2 is 1.97 bits per heavy atom. The van der Waals surface area contributed by atoms with Gasteiger partial charge in [0.25, 0.3) is 0 Å². The molecule has 1 N–H and O–H groups in total. The molecule has 1 aliphatic rings. The van der Waals surface area contributed by atoms with E-state index in [2.05, 4.69) is 57.9 Å². The maximum Gasteiger partial charge on any atom is 0.246 e. The molecule has 3 aromatic rings. The molecule has 2 heterocycles. The standard InChI is InChI=1S/C22H26N6O.HI/c1-23-22(24-10-9-17-7-8-18-5-3-4-6-19(18)13-17)27-11-12-28(21(29)16-27)20-14-25-26(2)15-20;/h3-8,13-15H,9-12,16H2,1-2H3,(H,23,24);1H. The van der Waals surface area contributed by atoms with E-state index < -0.39 is 0 Å². The zero-order valence-corrected chi connectivity index (χ0v) is 19.6. The maximum absolute atomic E-state index is 12.6. The van der Waals surface area contributed by atoms with Crippen molar-refractivity contribution in [2.45, 2.75) is 6.42 Å². The largest absolute Gasteiger partial charge is 0.356 e. The minimum Gasteiger partial charge on any atom is -0.356 e. The van der Waals surface area contributed by atoms with E-state index in [4.69, 9.17) is 0 Å². The summed E-state index contributed by atoms with van der Waals surface area (Å²) in [5, 5.41) is 10.1. The Kier molecular flexibility index (Phi) is 7.30. The molecule has 2 aromatic carbocycles. The van der Waals surface area contributed by atoms with E-state index >= 15 is 0 Å². The fraction of sp³-hybridized carbons (Fsp3) is 0.318. The summed E-state index contributed by atoms with van der Waals surface area (Å²) in [5.74, 6) is 0.826. The molecule has 0 spiro atoms. The Morgan fingerprint density at radius 1 is 1.17 bits per heavy atom. The first-order chi connectivity index (χ1) is 14.1. The van der Waals surface area contributed by atoms with E-state index in [1.165, 1.54) is 16.3 Å². The maximum atomic E-state index is 12.6. The van der Waals surface area contributed by atoms with Crippen molar-refractivity contribution in [2.24, 2.45) is 12.0 Å². The number of halogens is 1. The molecule has 8 heteroatoms. The summed E-state index contributed by atoms with van der Waals surface area (Å²) in [6.07, 6.45) is 4.49. The van der Waals surface area contributed by atoms with Gasteiger partial charge in [-0.25, -0.2) is 0 Å². The fourth-order valence-electron chi connectivity index (χ4n) is 3.72. The third-order valence-corrected chi connectivity index (χ3v) is 5.25. The lowest BCUT2D eigenvalue weighted by Crippen LogP contribution is -2.55. The lowest BCUT2D eigenvalue weighted by Gasteiger charge is -2.35. The summed E-state index contributed by atoms with van der Waals surface area (Å²) in [6.45, 7) is 2.43. The molecule has 7 nitrogen and oxygen atoms in total. The number of guanidine groups is 1. The molecule has 30 heavy (non-hydrogen) atoms. The molecule has 1 aromatic heterocycles. The summed E-state index contributed by atoms with van der Waals surface area (Å²) >= 11 is 0. The number of anilines is 1. The zero-order valence-electron chi connectivity index (χ0n) is 17.3. The molecular weight excluding hydrogens is 491 g/mol. The Hall–Kier alpha value is -2.62. The van der Waals surface area contributed by atoms with Gasteiger partial charge >= 0.3 is 0 Å². The topological polar surface area (TPSA) is 65.8 Å². The van der Waals surface area contributed by atoms with Crippen LogP contribution in [0, 0.1) is 0 Å². The van der Waals surface area contributed by atoms with Gasteiger partial charge in [0.2, 0.25) is 5.91 Å². The second kappa shape index (κ2) is 9.92. The number of piperazine rings is 1. The van der Waals surface area contributed by atoms with Crippen molar-refractivity contribution in [3.05, 3.63) is 60.4 Å². The Morgan fingerprint density at radius 3 is 2.67 bits per heavy atom. The molecule has 1 saturated heterocycles. The number of amides is 1.